The van der Waals surface area contributed by atoms with E-state index < -0.39 is 10.0 Å². The monoisotopic (exact) mass is 450 g/mol. The lowest BCUT2D eigenvalue weighted by molar-refractivity contribution is 0.460. The Morgan fingerprint density at radius 1 is 1.25 bits per heavy atom. The van der Waals surface area contributed by atoms with Crippen LogP contribution in [0.5, 0.6) is 0 Å². The van der Waals surface area contributed by atoms with Crippen LogP contribution in [0.3, 0.4) is 0 Å². The lowest BCUT2D eigenvalue weighted by atomic mass is 10.1. The SMILES string of the molecule is C=NC(C=C(NC)c1cnc2c(ccn2S(=O)(=O)c2ccccc2)c1)=NC1CCNCC1. The van der Waals surface area contributed by atoms with Gasteiger partial charge in [-0.05, 0) is 56.9 Å². The fraction of sp³-hybridized carbons (Fsp3) is 0.261. The first kappa shape index (κ1) is 21.9. The third-order valence-corrected chi connectivity index (χ3v) is 7.11. The molecule has 166 valence electrons. The minimum absolute atomic E-state index is 0.218. The molecule has 1 aliphatic rings. The van der Waals surface area contributed by atoms with Crippen LogP contribution in [-0.4, -0.2) is 56.1 Å². The Morgan fingerprint density at radius 2 is 2.00 bits per heavy atom. The van der Waals surface area contributed by atoms with Gasteiger partial charge in [-0.1, -0.05) is 18.2 Å². The van der Waals surface area contributed by atoms with Gasteiger partial charge in [0.05, 0.1) is 10.9 Å². The van der Waals surface area contributed by atoms with Crippen molar-refractivity contribution in [1.29, 1.82) is 0 Å². The van der Waals surface area contributed by atoms with Crippen LogP contribution < -0.4 is 10.6 Å². The van der Waals surface area contributed by atoms with Crippen molar-refractivity contribution in [3.05, 3.63) is 66.5 Å². The van der Waals surface area contributed by atoms with Crippen LogP contribution in [0.4, 0.5) is 0 Å². The van der Waals surface area contributed by atoms with Crippen molar-refractivity contribution in [2.75, 3.05) is 20.1 Å². The number of fused-ring (bicyclic) bond motifs is 1. The average Bonchev–Trinajstić information content (AvgIpc) is 3.27. The van der Waals surface area contributed by atoms with E-state index >= 15 is 0 Å². The Morgan fingerprint density at radius 3 is 2.69 bits per heavy atom. The van der Waals surface area contributed by atoms with Crippen LogP contribution >= 0.6 is 0 Å². The Hall–Kier alpha value is -3.30. The van der Waals surface area contributed by atoms with E-state index in [4.69, 9.17) is 4.99 Å². The number of pyridine rings is 1. The Labute approximate surface area is 187 Å². The van der Waals surface area contributed by atoms with E-state index in [-0.39, 0.29) is 10.9 Å². The number of amidine groups is 1. The van der Waals surface area contributed by atoms with Crippen LogP contribution in [0.1, 0.15) is 18.4 Å². The quantitative estimate of drug-likeness (QED) is 0.444. The zero-order valence-electron chi connectivity index (χ0n) is 17.9. The van der Waals surface area contributed by atoms with Gasteiger partial charge < -0.3 is 10.6 Å². The second-order valence-electron chi connectivity index (χ2n) is 7.50. The number of hydrogen-bond donors (Lipinski definition) is 2. The molecular weight excluding hydrogens is 424 g/mol. The summed E-state index contributed by atoms with van der Waals surface area (Å²) in [7, 11) is -1.91. The molecule has 9 heteroatoms. The summed E-state index contributed by atoms with van der Waals surface area (Å²) in [6.07, 6.45) is 6.96. The molecule has 8 nitrogen and oxygen atoms in total. The molecule has 2 N–H and O–H groups in total. The van der Waals surface area contributed by atoms with E-state index in [0.717, 1.165) is 37.2 Å². The second kappa shape index (κ2) is 9.46. The van der Waals surface area contributed by atoms with Crippen molar-refractivity contribution in [3.8, 4) is 0 Å². The second-order valence-corrected chi connectivity index (χ2v) is 9.32. The van der Waals surface area contributed by atoms with E-state index in [1.165, 1.54) is 10.2 Å². The van der Waals surface area contributed by atoms with Crippen LogP contribution in [0.25, 0.3) is 16.7 Å². The molecule has 0 bridgehead atoms. The highest BCUT2D eigenvalue weighted by atomic mass is 32.2. The molecule has 0 radical (unpaired) electrons. The summed E-state index contributed by atoms with van der Waals surface area (Å²) in [5.41, 5.74) is 1.95. The maximum absolute atomic E-state index is 13.0. The highest BCUT2D eigenvalue weighted by Crippen LogP contribution is 2.23. The van der Waals surface area contributed by atoms with Gasteiger partial charge in [0.15, 0.2) is 5.65 Å². The third kappa shape index (κ3) is 4.49. The van der Waals surface area contributed by atoms with E-state index in [0.29, 0.717) is 16.9 Å². The molecule has 3 aromatic rings. The van der Waals surface area contributed by atoms with E-state index in [2.05, 4.69) is 27.3 Å². The molecule has 0 unspecified atom stereocenters. The largest absolute Gasteiger partial charge is 0.387 e. The van der Waals surface area contributed by atoms with E-state index in [9.17, 15) is 8.42 Å². The summed E-state index contributed by atoms with van der Waals surface area (Å²) in [4.78, 5) is 13.5. The van der Waals surface area contributed by atoms with Gasteiger partial charge in [-0.3, -0.25) is 4.99 Å². The molecular formula is C23H26N6O2S. The average molecular weight is 451 g/mol. The minimum atomic E-state index is -3.72. The van der Waals surface area contributed by atoms with Crippen molar-refractivity contribution in [2.24, 2.45) is 9.98 Å². The van der Waals surface area contributed by atoms with Crippen molar-refractivity contribution in [1.82, 2.24) is 19.6 Å². The van der Waals surface area contributed by atoms with Gasteiger partial charge in [0.1, 0.15) is 5.84 Å². The zero-order chi connectivity index (χ0) is 22.6. The Kier molecular flexibility index (Phi) is 6.48. The summed E-state index contributed by atoms with van der Waals surface area (Å²) >= 11 is 0. The topological polar surface area (TPSA) is 101 Å². The molecule has 1 saturated heterocycles. The summed E-state index contributed by atoms with van der Waals surface area (Å²) < 4.78 is 27.2. The van der Waals surface area contributed by atoms with Crippen LogP contribution in [0.2, 0.25) is 0 Å². The predicted molar refractivity (Wildman–Crippen MR) is 129 cm³/mol. The summed E-state index contributed by atoms with van der Waals surface area (Å²) in [5, 5.41) is 7.20. The summed E-state index contributed by atoms with van der Waals surface area (Å²) in [6.45, 7) is 5.56. The number of benzene rings is 1. The fourth-order valence-electron chi connectivity index (χ4n) is 3.72. The first-order valence-electron chi connectivity index (χ1n) is 10.5. The van der Waals surface area contributed by atoms with Gasteiger partial charge in [-0.15, -0.1) is 0 Å². The Bertz CT molecular complexity index is 1270. The smallest absolute Gasteiger partial charge is 0.269 e. The van der Waals surface area contributed by atoms with Crippen LogP contribution in [0, 0.1) is 0 Å². The van der Waals surface area contributed by atoms with Gasteiger partial charge in [0.2, 0.25) is 0 Å². The van der Waals surface area contributed by atoms with Gasteiger partial charge in [-0.25, -0.2) is 22.4 Å². The molecule has 0 saturated carbocycles. The maximum Gasteiger partial charge on any atom is 0.269 e. The molecule has 0 amide bonds. The van der Waals surface area contributed by atoms with Gasteiger partial charge in [0, 0.05) is 42.2 Å². The minimum Gasteiger partial charge on any atom is -0.387 e. The number of piperidine rings is 1. The standard InChI is InChI=1S/C23H26N6O2S/c1-24-21(15-22(25-2)28-19-8-11-26-12-9-19)18-14-17-10-13-29(23(17)27-16-18)32(30,31)20-6-4-3-5-7-20/h3-7,10,13-16,19,24,26H,2,8-9,11-12H2,1H3. The molecule has 0 atom stereocenters. The van der Waals surface area contributed by atoms with Crippen molar-refractivity contribution < 1.29 is 8.42 Å². The normalized spacial score (nSPS) is 16.3. The van der Waals surface area contributed by atoms with Crippen molar-refractivity contribution >= 4 is 39.3 Å². The molecule has 3 heterocycles. The number of hydrogen-bond acceptors (Lipinski definition) is 6. The van der Waals surface area contributed by atoms with E-state index in [1.807, 2.05) is 19.2 Å². The van der Waals surface area contributed by atoms with E-state index in [1.54, 1.807) is 42.6 Å². The number of nitrogens with zero attached hydrogens (tertiary/aromatic N) is 4. The molecule has 2 aromatic heterocycles. The van der Waals surface area contributed by atoms with Gasteiger partial charge in [0.25, 0.3) is 10.0 Å². The zero-order valence-corrected chi connectivity index (χ0v) is 18.7. The lowest BCUT2D eigenvalue weighted by Crippen LogP contribution is -2.30. The molecule has 1 aliphatic heterocycles. The summed E-state index contributed by atoms with van der Waals surface area (Å²) in [5.74, 6) is 0.561. The number of aromatic nitrogens is 2. The third-order valence-electron chi connectivity index (χ3n) is 5.43. The molecule has 0 aliphatic carbocycles. The number of aliphatic imine (C=N–C) groups is 2. The maximum atomic E-state index is 13.0. The van der Waals surface area contributed by atoms with Crippen molar-refractivity contribution in [3.63, 3.8) is 0 Å². The first-order valence-corrected chi connectivity index (χ1v) is 11.9. The number of rotatable bonds is 6. The highest BCUT2D eigenvalue weighted by Gasteiger charge is 2.20. The highest BCUT2D eigenvalue weighted by molar-refractivity contribution is 7.90. The molecule has 32 heavy (non-hydrogen) atoms. The Balaban J connectivity index is 1.68. The summed E-state index contributed by atoms with van der Waals surface area (Å²) in [6, 6.07) is 12.2. The lowest BCUT2D eigenvalue weighted by Gasteiger charge is -2.19. The fourth-order valence-corrected chi connectivity index (χ4v) is 5.05. The van der Waals surface area contributed by atoms with Gasteiger partial charge >= 0.3 is 0 Å². The predicted octanol–water partition coefficient (Wildman–Crippen LogP) is 2.68. The first-order chi connectivity index (χ1) is 15.5. The molecule has 1 fully saturated rings. The van der Waals surface area contributed by atoms with Gasteiger partial charge in [-0.2, -0.15) is 0 Å². The molecule has 4 rings (SSSR count). The number of nitrogens with one attached hydrogen (secondary N) is 2. The molecule has 0 spiro atoms. The van der Waals surface area contributed by atoms with Crippen LogP contribution in [-0.2, 0) is 10.0 Å². The van der Waals surface area contributed by atoms with Crippen molar-refractivity contribution in [2.45, 2.75) is 23.8 Å². The molecule has 1 aromatic carbocycles. The van der Waals surface area contributed by atoms with Crippen LogP contribution in [0.15, 0.2) is 75.8 Å².